The first kappa shape index (κ1) is 14.6. The van der Waals surface area contributed by atoms with Gasteiger partial charge >= 0.3 is 0 Å². The van der Waals surface area contributed by atoms with Crippen molar-refractivity contribution in [2.75, 3.05) is 30.4 Å². The summed E-state index contributed by atoms with van der Waals surface area (Å²) in [5, 5.41) is 3.43. The molecule has 0 aliphatic carbocycles. The number of carbonyl (C=O) groups excluding carboxylic acids is 1. The van der Waals surface area contributed by atoms with E-state index in [4.69, 9.17) is 22.1 Å². The summed E-state index contributed by atoms with van der Waals surface area (Å²) in [6, 6.07) is 3.09. The van der Waals surface area contributed by atoms with Crippen molar-refractivity contribution < 1.29 is 9.53 Å². The number of nitrogens with zero attached hydrogens (tertiary/aromatic N) is 1. The third kappa shape index (κ3) is 2.50. The number of carbonyl (C=O) groups is 1. The Morgan fingerprint density at radius 1 is 1.52 bits per heavy atom. The lowest BCUT2D eigenvalue weighted by molar-refractivity contribution is -0.116. The van der Waals surface area contributed by atoms with Crippen molar-refractivity contribution in [2.24, 2.45) is 5.73 Å². The zero-order valence-corrected chi connectivity index (χ0v) is 13.0. The maximum absolute atomic E-state index is 11.7. The molecular formula is C15H20ClN3O2. The smallest absolute Gasteiger partial charge is 0.245 e. The first-order valence-corrected chi connectivity index (χ1v) is 7.51. The number of rotatable bonds is 2. The molecule has 1 aromatic rings. The zero-order chi connectivity index (χ0) is 15.2. The average Bonchev–Trinajstić information content (AvgIpc) is 2.73. The Balaban J connectivity index is 1.93. The number of halogens is 1. The van der Waals surface area contributed by atoms with Gasteiger partial charge < -0.3 is 20.7 Å². The minimum atomic E-state index is -0.628. The topological polar surface area (TPSA) is 67.6 Å². The molecule has 6 heteroatoms. The molecule has 0 radical (unpaired) electrons. The number of nitrogens with two attached hydrogens (primary N) is 1. The summed E-state index contributed by atoms with van der Waals surface area (Å²) in [4.78, 5) is 13.9. The van der Waals surface area contributed by atoms with Gasteiger partial charge in [0.25, 0.3) is 0 Å². The summed E-state index contributed by atoms with van der Waals surface area (Å²) in [5.74, 6) is -0.182. The molecule has 0 aromatic heterocycles. The van der Waals surface area contributed by atoms with Crippen LogP contribution in [0.5, 0.6) is 0 Å². The molecule has 1 fully saturated rings. The van der Waals surface area contributed by atoms with Gasteiger partial charge in [-0.2, -0.15) is 0 Å². The lowest BCUT2D eigenvalue weighted by Crippen LogP contribution is -2.47. The molecule has 2 heterocycles. The molecule has 0 spiro atoms. The van der Waals surface area contributed by atoms with E-state index < -0.39 is 6.04 Å². The van der Waals surface area contributed by atoms with Crippen molar-refractivity contribution in [3.05, 3.63) is 22.7 Å². The van der Waals surface area contributed by atoms with Gasteiger partial charge in [0.15, 0.2) is 0 Å². The summed E-state index contributed by atoms with van der Waals surface area (Å²) >= 11 is 6.41. The number of piperidine rings is 1. The molecule has 114 valence electrons. The van der Waals surface area contributed by atoms with Gasteiger partial charge in [-0.05, 0) is 31.9 Å². The Kier molecular flexibility index (Phi) is 3.59. The van der Waals surface area contributed by atoms with Gasteiger partial charge in [-0.15, -0.1) is 0 Å². The molecule has 3 N–H and O–H groups in total. The van der Waals surface area contributed by atoms with Gasteiger partial charge in [0.1, 0.15) is 6.04 Å². The molecule has 21 heavy (non-hydrogen) atoms. The molecule has 1 saturated heterocycles. The number of benzene rings is 1. The van der Waals surface area contributed by atoms with Gasteiger partial charge in [0, 0.05) is 31.5 Å². The maximum atomic E-state index is 11.7. The number of hydrogen-bond donors (Lipinski definition) is 2. The number of fused-ring (bicyclic) bond motifs is 1. The Bertz CT molecular complexity index is 593. The minimum Gasteiger partial charge on any atom is -0.377 e. The van der Waals surface area contributed by atoms with Crippen LogP contribution < -0.4 is 16.0 Å². The van der Waals surface area contributed by atoms with Crippen LogP contribution in [-0.4, -0.2) is 31.7 Å². The van der Waals surface area contributed by atoms with E-state index >= 15 is 0 Å². The first-order valence-electron chi connectivity index (χ1n) is 7.13. The van der Waals surface area contributed by atoms with Crippen molar-refractivity contribution in [1.82, 2.24) is 0 Å². The summed E-state index contributed by atoms with van der Waals surface area (Å²) in [6.45, 7) is 3.82. The van der Waals surface area contributed by atoms with E-state index in [0.29, 0.717) is 5.02 Å². The third-order valence-corrected chi connectivity index (χ3v) is 4.79. The van der Waals surface area contributed by atoms with Crippen LogP contribution in [0, 0.1) is 0 Å². The van der Waals surface area contributed by atoms with Crippen molar-refractivity contribution in [2.45, 2.75) is 31.4 Å². The van der Waals surface area contributed by atoms with Crippen LogP contribution in [0.15, 0.2) is 12.1 Å². The van der Waals surface area contributed by atoms with Crippen molar-refractivity contribution in [3.8, 4) is 0 Å². The fourth-order valence-electron chi connectivity index (χ4n) is 3.11. The summed E-state index contributed by atoms with van der Waals surface area (Å²) in [6.07, 6.45) is 2.08. The summed E-state index contributed by atoms with van der Waals surface area (Å²) in [5.41, 5.74) is 8.13. The molecule has 5 nitrogen and oxygen atoms in total. The molecule has 2 unspecified atom stereocenters. The number of methoxy groups -OCH3 is 1. The third-order valence-electron chi connectivity index (χ3n) is 4.49. The van der Waals surface area contributed by atoms with Crippen LogP contribution in [0.2, 0.25) is 5.02 Å². The first-order chi connectivity index (χ1) is 9.93. The van der Waals surface area contributed by atoms with E-state index in [2.05, 4.69) is 17.1 Å². The number of ether oxygens (including phenoxy) is 1. The highest BCUT2D eigenvalue weighted by Gasteiger charge is 2.33. The van der Waals surface area contributed by atoms with Gasteiger partial charge in [-0.3, -0.25) is 4.79 Å². The Hall–Kier alpha value is -1.30. The SMILES string of the molecule is COC1(C)CCCN(c2cc3c(cc2Cl)C(N)C(=O)N3)C1. The molecule has 2 aliphatic rings. The predicted molar refractivity (Wildman–Crippen MR) is 83.9 cm³/mol. The van der Waals surface area contributed by atoms with E-state index in [-0.39, 0.29) is 11.5 Å². The highest BCUT2D eigenvalue weighted by molar-refractivity contribution is 6.33. The van der Waals surface area contributed by atoms with E-state index in [1.54, 1.807) is 13.2 Å². The van der Waals surface area contributed by atoms with Crippen LogP contribution in [-0.2, 0) is 9.53 Å². The average molecular weight is 310 g/mol. The largest absolute Gasteiger partial charge is 0.377 e. The molecule has 0 bridgehead atoms. The van der Waals surface area contributed by atoms with Crippen molar-refractivity contribution >= 4 is 28.9 Å². The molecular weight excluding hydrogens is 290 g/mol. The molecule has 3 rings (SSSR count). The van der Waals surface area contributed by atoms with Gasteiger partial charge in [0.05, 0.1) is 16.3 Å². The standard InChI is InChI=1S/C15H20ClN3O2/c1-15(21-2)4-3-5-19(8-15)12-7-11-9(6-10(12)16)13(17)14(20)18-11/h6-7,13H,3-5,8,17H2,1-2H3,(H,18,20). The molecule has 2 aliphatic heterocycles. The second-order valence-corrected chi connectivity index (χ2v) is 6.44. The van der Waals surface area contributed by atoms with Crippen LogP contribution in [0.25, 0.3) is 0 Å². The lowest BCUT2D eigenvalue weighted by Gasteiger charge is -2.41. The number of amides is 1. The Morgan fingerprint density at radius 3 is 3.00 bits per heavy atom. The van der Waals surface area contributed by atoms with Crippen LogP contribution in [0.4, 0.5) is 11.4 Å². The fourth-order valence-corrected chi connectivity index (χ4v) is 3.41. The number of nitrogens with one attached hydrogen (secondary N) is 1. The second kappa shape index (κ2) is 5.16. The maximum Gasteiger partial charge on any atom is 0.245 e. The highest BCUT2D eigenvalue weighted by atomic mass is 35.5. The van der Waals surface area contributed by atoms with Gasteiger partial charge in [-0.1, -0.05) is 11.6 Å². The normalized spacial score (nSPS) is 28.5. The van der Waals surface area contributed by atoms with E-state index in [1.807, 2.05) is 6.07 Å². The van der Waals surface area contributed by atoms with E-state index in [9.17, 15) is 4.79 Å². The zero-order valence-electron chi connectivity index (χ0n) is 12.3. The molecule has 0 saturated carbocycles. The molecule has 2 atom stereocenters. The van der Waals surface area contributed by atoms with Gasteiger partial charge in [-0.25, -0.2) is 0 Å². The quantitative estimate of drug-likeness (QED) is 0.879. The number of anilines is 2. The fraction of sp³-hybridized carbons (Fsp3) is 0.533. The lowest BCUT2D eigenvalue weighted by atomic mass is 9.94. The van der Waals surface area contributed by atoms with Gasteiger partial charge in [0.2, 0.25) is 5.91 Å². The molecule has 1 amide bonds. The van der Waals surface area contributed by atoms with Crippen molar-refractivity contribution in [1.29, 1.82) is 0 Å². The highest BCUT2D eigenvalue weighted by Crippen LogP contribution is 2.39. The van der Waals surface area contributed by atoms with E-state index in [1.165, 1.54) is 0 Å². The predicted octanol–water partition coefficient (Wildman–Crippen LogP) is 2.30. The Morgan fingerprint density at radius 2 is 2.29 bits per heavy atom. The summed E-state index contributed by atoms with van der Waals surface area (Å²) in [7, 11) is 1.74. The minimum absolute atomic E-state index is 0.166. The Labute approximate surface area is 129 Å². The summed E-state index contributed by atoms with van der Waals surface area (Å²) < 4.78 is 5.62. The van der Waals surface area contributed by atoms with Crippen LogP contribution in [0.3, 0.4) is 0 Å². The van der Waals surface area contributed by atoms with E-state index in [0.717, 1.165) is 42.9 Å². The number of hydrogen-bond acceptors (Lipinski definition) is 4. The van der Waals surface area contributed by atoms with Crippen LogP contribution in [0.1, 0.15) is 31.4 Å². The second-order valence-electron chi connectivity index (χ2n) is 6.04. The van der Waals surface area contributed by atoms with Crippen LogP contribution >= 0.6 is 11.6 Å². The van der Waals surface area contributed by atoms with Crippen molar-refractivity contribution in [3.63, 3.8) is 0 Å². The molecule has 1 aromatic carbocycles. The monoisotopic (exact) mass is 309 g/mol.